The first kappa shape index (κ1) is 16.8. The van der Waals surface area contributed by atoms with Crippen LogP contribution >= 0.6 is 23.4 Å². The van der Waals surface area contributed by atoms with E-state index in [1.165, 1.54) is 11.8 Å². The molecule has 0 unspecified atom stereocenters. The molecule has 2 aromatic carbocycles. The van der Waals surface area contributed by atoms with Crippen molar-refractivity contribution in [2.75, 3.05) is 0 Å². The molecule has 4 aromatic rings. The third-order valence-electron chi connectivity index (χ3n) is 3.56. The van der Waals surface area contributed by atoms with E-state index in [1.807, 2.05) is 43.3 Å². The van der Waals surface area contributed by atoms with E-state index in [0.29, 0.717) is 33.6 Å². The van der Waals surface area contributed by atoms with Crippen molar-refractivity contribution in [3.8, 4) is 22.9 Å². The smallest absolute Gasteiger partial charge is 0.277 e. The average Bonchev–Trinajstić information content (AvgIpc) is 3.30. The third kappa shape index (κ3) is 3.79. The molecule has 2 aromatic heterocycles. The summed E-state index contributed by atoms with van der Waals surface area (Å²) < 4.78 is 11.0. The fraction of sp³-hybridized carbons (Fsp3) is 0.111. The first-order chi connectivity index (χ1) is 12.7. The van der Waals surface area contributed by atoms with E-state index in [4.69, 9.17) is 20.5 Å². The summed E-state index contributed by atoms with van der Waals surface area (Å²) >= 11 is 7.24. The zero-order valence-electron chi connectivity index (χ0n) is 13.7. The Morgan fingerprint density at radius 1 is 1.00 bits per heavy atom. The number of nitrogens with zero attached hydrogens (tertiary/aromatic N) is 4. The molecule has 8 heteroatoms. The standard InChI is InChI=1S/C18H13ClN4O2S/c1-11-3-2-4-13(9-11)17-21-22-18(24-17)26-10-15-20-16(25-23-15)12-5-7-14(19)8-6-12/h2-9H,10H2,1H3. The molecular formula is C18H13ClN4O2S. The minimum absolute atomic E-state index is 0.447. The molecular weight excluding hydrogens is 372 g/mol. The van der Waals surface area contributed by atoms with Gasteiger partial charge in [-0.25, -0.2) is 0 Å². The molecule has 4 rings (SSSR count). The van der Waals surface area contributed by atoms with Gasteiger partial charge in [0.05, 0.1) is 5.75 Å². The maximum Gasteiger partial charge on any atom is 0.277 e. The summed E-state index contributed by atoms with van der Waals surface area (Å²) in [5, 5.41) is 13.2. The third-order valence-corrected chi connectivity index (χ3v) is 4.62. The van der Waals surface area contributed by atoms with Gasteiger partial charge in [0.15, 0.2) is 5.82 Å². The number of halogens is 1. The van der Waals surface area contributed by atoms with Crippen LogP contribution in [0, 0.1) is 6.92 Å². The molecule has 0 amide bonds. The molecule has 0 spiro atoms. The topological polar surface area (TPSA) is 77.8 Å². The van der Waals surface area contributed by atoms with Crippen molar-refractivity contribution in [3.05, 3.63) is 64.9 Å². The molecule has 0 aliphatic heterocycles. The van der Waals surface area contributed by atoms with Crippen molar-refractivity contribution in [1.29, 1.82) is 0 Å². The lowest BCUT2D eigenvalue weighted by molar-refractivity contribution is 0.425. The van der Waals surface area contributed by atoms with Crippen LogP contribution in [0.2, 0.25) is 5.02 Å². The molecule has 26 heavy (non-hydrogen) atoms. The fourth-order valence-corrected chi connectivity index (χ4v) is 3.04. The molecule has 0 aliphatic carbocycles. The summed E-state index contributed by atoms with van der Waals surface area (Å²) in [7, 11) is 0. The zero-order valence-corrected chi connectivity index (χ0v) is 15.3. The highest BCUT2D eigenvalue weighted by molar-refractivity contribution is 7.98. The number of benzene rings is 2. The van der Waals surface area contributed by atoms with Crippen LogP contribution in [0.25, 0.3) is 22.9 Å². The largest absolute Gasteiger partial charge is 0.411 e. The van der Waals surface area contributed by atoms with Gasteiger partial charge in [0.25, 0.3) is 11.1 Å². The Kier molecular flexibility index (Phi) is 4.73. The van der Waals surface area contributed by atoms with Crippen LogP contribution in [0.3, 0.4) is 0 Å². The minimum atomic E-state index is 0.447. The summed E-state index contributed by atoms with van der Waals surface area (Å²) in [6.07, 6.45) is 0. The van der Waals surface area contributed by atoms with Gasteiger partial charge in [-0.3, -0.25) is 0 Å². The van der Waals surface area contributed by atoms with Gasteiger partial charge in [-0.1, -0.05) is 46.2 Å². The van der Waals surface area contributed by atoms with E-state index >= 15 is 0 Å². The predicted octanol–water partition coefficient (Wildman–Crippen LogP) is 5.04. The fourth-order valence-electron chi connectivity index (χ4n) is 2.31. The molecule has 0 N–H and O–H groups in total. The van der Waals surface area contributed by atoms with Crippen LogP contribution in [0.4, 0.5) is 0 Å². The van der Waals surface area contributed by atoms with Crippen molar-refractivity contribution in [2.24, 2.45) is 0 Å². The van der Waals surface area contributed by atoms with E-state index in [1.54, 1.807) is 12.1 Å². The van der Waals surface area contributed by atoms with Crippen LogP contribution in [-0.2, 0) is 5.75 Å². The predicted molar refractivity (Wildman–Crippen MR) is 98.8 cm³/mol. The Labute approximate surface area is 158 Å². The van der Waals surface area contributed by atoms with Gasteiger partial charge in [0.2, 0.25) is 5.89 Å². The maximum absolute atomic E-state index is 5.88. The first-order valence-electron chi connectivity index (χ1n) is 7.79. The van der Waals surface area contributed by atoms with Crippen molar-refractivity contribution >= 4 is 23.4 Å². The highest BCUT2D eigenvalue weighted by atomic mass is 35.5. The minimum Gasteiger partial charge on any atom is -0.411 e. The van der Waals surface area contributed by atoms with E-state index in [-0.39, 0.29) is 0 Å². The second kappa shape index (κ2) is 7.31. The molecule has 0 radical (unpaired) electrons. The van der Waals surface area contributed by atoms with Crippen LogP contribution in [0.15, 0.2) is 62.7 Å². The van der Waals surface area contributed by atoms with Crippen molar-refractivity contribution in [3.63, 3.8) is 0 Å². The van der Waals surface area contributed by atoms with E-state index in [0.717, 1.165) is 16.7 Å². The lowest BCUT2D eigenvalue weighted by Gasteiger charge is -1.95. The Balaban J connectivity index is 1.43. The normalized spacial score (nSPS) is 11.0. The summed E-state index contributed by atoms with van der Waals surface area (Å²) in [5.41, 5.74) is 2.85. The quantitative estimate of drug-likeness (QED) is 0.446. The van der Waals surface area contributed by atoms with Gasteiger partial charge in [-0.05, 0) is 43.3 Å². The second-order valence-electron chi connectivity index (χ2n) is 5.55. The van der Waals surface area contributed by atoms with Gasteiger partial charge in [0, 0.05) is 16.1 Å². The second-order valence-corrected chi connectivity index (χ2v) is 6.92. The summed E-state index contributed by atoms with van der Waals surface area (Å²) in [5.74, 6) is 1.96. The zero-order chi connectivity index (χ0) is 17.9. The first-order valence-corrected chi connectivity index (χ1v) is 9.15. The van der Waals surface area contributed by atoms with Crippen LogP contribution in [0.5, 0.6) is 0 Å². The number of rotatable bonds is 5. The monoisotopic (exact) mass is 384 g/mol. The Hall–Kier alpha value is -2.64. The molecule has 0 fully saturated rings. The van der Waals surface area contributed by atoms with Crippen molar-refractivity contribution in [1.82, 2.24) is 20.3 Å². The van der Waals surface area contributed by atoms with Crippen LogP contribution in [0.1, 0.15) is 11.4 Å². The number of hydrogen-bond donors (Lipinski definition) is 0. The van der Waals surface area contributed by atoms with E-state index in [9.17, 15) is 0 Å². The summed E-state index contributed by atoms with van der Waals surface area (Å²) in [4.78, 5) is 4.37. The van der Waals surface area contributed by atoms with Crippen LogP contribution < -0.4 is 0 Å². The van der Waals surface area contributed by atoms with E-state index in [2.05, 4.69) is 20.3 Å². The summed E-state index contributed by atoms with van der Waals surface area (Å²) in [6.45, 7) is 2.02. The molecule has 6 nitrogen and oxygen atoms in total. The van der Waals surface area contributed by atoms with Gasteiger partial charge >= 0.3 is 0 Å². The Bertz CT molecular complexity index is 1030. The lowest BCUT2D eigenvalue weighted by Crippen LogP contribution is -1.84. The van der Waals surface area contributed by atoms with Crippen LogP contribution in [-0.4, -0.2) is 20.3 Å². The number of aryl methyl sites for hydroxylation is 1. The Morgan fingerprint density at radius 3 is 2.65 bits per heavy atom. The molecule has 2 heterocycles. The number of aromatic nitrogens is 4. The number of thioether (sulfide) groups is 1. The molecule has 0 saturated heterocycles. The average molecular weight is 385 g/mol. The van der Waals surface area contributed by atoms with Crippen molar-refractivity contribution < 1.29 is 8.94 Å². The van der Waals surface area contributed by atoms with E-state index < -0.39 is 0 Å². The highest BCUT2D eigenvalue weighted by Gasteiger charge is 2.13. The lowest BCUT2D eigenvalue weighted by atomic mass is 10.1. The molecule has 0 saturated carbocycles. The van der Waals surface area contributed by atoms with Gasteiger partial charge in [0.1, 0.15) is 0 Å². The SMILES string of the molecule is Cc1cccc(-c2nnc(SCc3noc(-c4ccc(Cl)cc4)n3)o2)c1. The maximum atomic E-state index is 5.88. The van der Waals surface area contributed by atoms with Crippen molar-refractivity contribution in [2.45, 2.75) is 17.9 Å². The summed E-state index contributed by atoms with van der Waals surface area (Å²) in [6, 6.07) is 15.1. The number of hydrogen-bond acceptors (Lipinski definition) is 7. The molecule has 0 atom stereocenters. The van der Waals surface area contributed by atoms with Gasteiger partial charge < -0.3 is 8.94 Å². The Morgan fingerprint density at radius 2 is 1.85 bits per heavy atom. The highest BCUT2D eigenvalue weighted by Crippen LogP contribution is 2.26. The van der Waals surface area contributed by atoms with Gasteiger partial charge in [-0.2, -0.15) is 4.98 Å². The van der Waals surface area contributed by atoms with Gasteiger partial charge in [-0.15, -0.1) is 10.2 Å². The molecule has 0 aliphatic rings. The molecule has 0 bridgehead atoms. The molecule has 130 valence electrons.